The van der Waals surface area contributed by atoms with Gasteiger partial charge >= 0.3 is 0 Å². The lowest BCUT2D eigenvalue weighted by Crippen LogP contribution is -2.43. The molecule has 1 amide bonds. The van der Waals surface area contributed by atoms with Crippen molar-refractivity contribution in [2.45, 2.75) is 26.3 Å². The van der Waals surface area contributed by atoms with Crippen LogP contribution in [-0.4, -0.2) is 43.4 Å². The Morgan fingerprint density at radius 3 is 2.57 bits per heavy atom. The number of halogens is 1. The van der Waals surface area contributed by atoms with Crippen LogP contribution in [0.15, 0.2) is 65.7 Å². The number of nitrogens with zero attached hydrogens (tertiary/aromatic N) is 2. The number of aliphatic imine (C=N–C) groups is 1. The molecular weight excluding hydrogens is 487 g/mol. The fourth-order valence-electron chi connectivity index (χ4n) is 3.45. The quantitative estimate of drug-likeness (QED) is 0.341. The zero-order valence-electron chi connectivity index (χ0n) is 17.7. The Kier molecular flexibility index (Phi) is 9.86. The fraction of sp³-hybridized carbons (Fsp3) is 0.333. The molecule has 0 aromatic heterocycles. The van der Waals surface area contributed by atoms with Crippen LogP contribution in [-0.2, 0) is 6.54 Å². The van der Waals surface area contributed by atoms with E-state index in [1.54, 1.807) is 0 Å². The van der Waals surface area contributed by atoms with Gasteiger partial charge in [0.15, 0.2) is 5.96 Å². The molecule has 2 aromatic rings. The van der Waals surface area contributed by atoms with Crippen LogP contribution in [0.4, 0.5) is 0 Å². The summed E-state index contributed by atoms with van der Waals surface area (Å²) >= 11 is 0. The number of carbonyl (C=O) groups is 1. The number of carbonyl (C=O) groups excluding carboxylic acids is 1. The van der Waals surface area contributed by atoms with Crippen LogP contribution in [0.5, 0.6) is 0 Å². The smallest absolute Gasteiger partial charge is 0.251 e. The zero-order chi connectivity index (χ0) is 20.5. The Labute approximate surface area is 196 Å². The maximum Gasteiger partial charge on any atom is 0.251 e. The van der Waals surface area contributed by atoms with Crippen LogP contribution in [0, 0.1) is 0 Å². The van der Waals surface area contributed by atoms with Gasteiger partial charge < -0.3 is 15.5 Å². The van der Waals surface area contributed by atoms with E-state index in [9.17, 15) is 4.79 Å². The van der Waals surface area contributed by atoms with Crippen molar-refractivity contribution >= 4 is 41.4 Å². The van der Waals surface area contributed by atoms with Crippen LogP contribution in [0.1, 0.15) is 41.3 Å². The highest BCUT2D eigenvalue weighted by molar-refractivity contribution is 14.0. The minimum Gasteiger partial charge on any atom is -0.352 e. The summed E-state index contributed by atoms with van der Waals surface area (Å²) in [6, 6.07) is 18.3. The SMILES string of the molecule is CCCNC(=O)c1cccc(CNC(=NC)N2CC=C(c3ccccc3)CC2)c1.I. The maximum atomic E-state index is 12.2. The van der Waals surface area contributed by atoms with Crippen LogP contribution in [0.2, 0.25) is 0 Å². The van der Waals surface area contributed by atoms with Gasteiger partial charge in [-0.05, 0) is 41.7 Å². The molecule has 5 nitrogen and oxygen atoms in total. The van der Waals surface area contributed by atoms with Crippen molar-refractivity contribution in [3.05, 3.63) is 77.4 Å². The maximum absolute atomic E-state index is 12.2. The van der Waals surface area contributed by atoms with Crippen LogP contribution in [0.25, 0.3) is 5.57 Å². The molecule has 0 unspecified atom stereocenters. The second-order valence-electron chi connectivity index (χ2n) is 7.15. The van der Waals surface area contributed by atoms with Gasteiger partial charge in [0.1, 0.15) is 0 Å². The first kappa shape index (κ1) is 23.9. The minimum atomic E-state index is -0.0207. The Balaban J connectivity index is 0.00000320. The van der Waals surface area contributed by atoms with E-state index in [1.807, 2.05) is 44.3 Å². The monoisotopic (exact) mass is 518 g/mol. The molecule has 160 valence electrons. The Hall–Kier alpha value is -2.35. The van der Waals surface area contributed by atoms with Crippen LogP contribution in [0.3, 0.4) is 0 Å². The van der Waals surface area contributed by atoms with Gasteiger partial charge in [0.25, 0.3) is 5.91 Å². The van der Waals surface area contributed by atoms with E-state index >= 15 is 0 Å². The van der Waals surface area contributed by atoms with Crippen LogP contribution >= 0.6 is 24.0 Å². The Morgan fingerprint density at radius 1 is 1.10 bits per heavy atom. The van der Waals surface area contributed by atoms with Crippen molar-refractivity contribution in [2.75, 3.05) is 26.7 Å². The van der Waals surface area contributed by atoms with E-state index in [1.165, 1.54) is 11.1 Å². The van der Waals surface area contributed by atoms with Crippen molar-refractivity contribution < 1.29 is 4.79 Å². The van der Waals surface area contributed by atoms with E-state index in [0.29, 0.717) is 18.7 Å². The molecule has 0 bridgehead atoms. The highest BCUT2D eigenvalue weighted by atomic mass is 127. The second kappa shape index (κ2) is 12.4. The summed E-state index contributed by atoms with van der Waals surface area (Å²) in [5.74, 6) is 0.863. The molecule has 0 fully saturated rings. The van der Waals surface area contributed by atoms with Gasteiger partial charge in [0, 0.05) is 38.8 Å². The third kappa shape index (κ3) is 6.58. The summed E-state index contributed by atoms with van der Waals surface area (Å²) in [7, 11) is 1.81. The molecule has 0 aliphatic carbocycles. The average Bonchev–Trinajstić information content (AvgIpc) is 2.79. The Morgan fingerprint density at radius 2 is 1.90 bits per heavy atom. The summed E-state index contributed by atoms with van der Waals surface area (Å²) in [5.41, 5.74) is 4.45. The van der Waals surface area contributed by atoms with Gasteiger partial charge in [-0.25, -0.2) is 0 Å². The van der Waals surface area contributed by atoms with Crippen molar-refractivity contribution in [3.8, 4) is 0 Å². The van der Waals surface area contributed by atoms with Gasteiger partial charge in [-0.2, -0.15) is 0 Å². The highest BCUT2D eigenvalue weighted by Gasteiger charge is 2.16. The number of hydrogen-bond acceptors (Lipinski definition) is 2. The number of rotatable bonds is 6. The van der Waals surface area contributed by atoms with Crippen LogP contribution < -0.4 is 10.6 Å². The number of nitrogens with one attached hydrogen (secondary N) is 2. The fourth-order valence-corrected chi connectivity index (χ4v) is 3.45. The van der Waals surface area contributed by atoms with Gasteiger partial charge in [-0.1, -0.05) is 55.5 Å². The molecule has 30 heavy (non-hydrogen) atoms. The molecule has 0 saturated heterocycles. The topological polar surface area (TPSA) is 56.7 Å². The van der Waals surface area contributed by atoms with Crippen molar-refractivity contribution in [2.24, 2.45) is 4.99 Å². The molecule has 0 saturated carbocycles. The molecule has 1 heterocycles. The van der Waals surface area contributed by atoms with E-state index < -0.39 is 0 Å². The lowest BCUT2D eigenvalue weighted by molar-refractivity contribution is 0.0953. The second-order valence-corrected chi connectivity index (χ2v) is 7.15. The molecule has 6 heteroatoms. The summed E-state index contributed by atoms with van der Waals surface area (Å²) in [5, 5.41) is 6.36. The molecular formula is C24H31IN4O. The standard InChI is InChI=1S/C24H30N4O.HI/c1-3-14-26-23(29)22-11-7-8-19(17-22)18-27-24(25-2)28-15-12-21(13-16-28)20-9-5-4-6-10-20;/h4-12,17H,3,13-16,18H2,1-2H3,(H,25,27)(H,26,29);1H. The summed E-state index contributed by atoms with van der Waals surface area (Å²) in [6.45, 7) is 5.14. The first-order valence-corrected chi connectivity index (χ1v) is 10.3. The lowest BCUT2D eigenvalue weighted by Gasteiger charge is -2.30. The van der Waals surface area contributed by atoms with Crippen molar-refractivity contribution in [1.82, 2.24) is 15.5 Å². The van der Waals surface area contributed by atoms with E-state index in [-0.39, 0.29) is 29.9 Å². The van der Waals surface area contributed by atoms with Gasteiger partial charge in [-0.15, -0.1) is 24.0 Å². The first-order valence-electron chi connectivity index (χ1n) is 10.3. The lowest BCUT2D eigenvalue weighted by atomic mass is 10.00. The Bertz CT molecular complexity index is 880. The molecule has 0 radical (unpaired) electrons. The van der Waals surface area contributed by atoms with Gasteiger partial charge in [0.05, 0.1) is 0 Å². The van der Waals surface area contributed by atoms with E-state index in [2.05, 4.69) is 50.9 Å². The normalized spacial score (nSPS) is 13.9. The molecule has 2 aromatic carbocycles. The molecule has 0 spiro atoms. The largest absolute Gasteiger partial charge is 0.352 e. The molecule has 1 aliphatic heterocycles. The van der Waals surface area contributed by atoms with E-state index in [4.69, 9.17) is 0 Å². The minimum absolute atomic E-state index is 0. The summed E-state index contributed by atoms with van der Waals surface area (Å²) < 4.78 is 0. The number of benzene rings is 2. The third-order valence-corrected chi connectivity index (χ3v) is 5.04. The van der Waals surface area contributed by atoms with E-state index in [0.717, 1.165) is 37.5 Å². The van der Waals surface area contributed by atoms with Crippen molar-refractivity contribution in [1.29, 1.82) is 0 Å². The number of guanidine groups is 1. The number of amides is 1. The third-order valence-electron chi connectivity index (χ3n) is 5.04. The predicted molar refractivity (Wildman–Crippen MR) is 135 cm³/mol. The first-order chi connectivity index (χ1) is 14.2. The molecule has 1 aliphatic rings. The zero-order valence-corrected chi connectivity index (χ0v) is 20.1. The van der Waals surface area contributed by atoms with Gasteiger partial charge in [-0.3, -0.25) is 9.79 Å². The summed E-state index contributed by atoms with van der Waals surface area (Å²) in [4.78, 5) is 18.9. The number of hydrogen-bond donors (Lipinski definition) is 2. The molecule has 0 atom stereocenters. The summed E-state index contributed by atoms with van der Waals surface area (Å²) in [6.07, 6.45) is 4.21. The predicted octanol–water partition coefficient (Wildman–Crippen LogP) is 4.31. The van der Waals surface area contributed by atoms with Gasteiger partial charge in [0.2, 0.25) is 0 Å². The van der Waals surface area contributed by atoms with Crippen molar-refractivity contribution in [3.63, 3.8) is 0 Å². The highest BCUT2D eigenvalue weighted by Crippen LogP contribution is 2.22. The molecule has 2 N–H and O–H groups in total. The average molecular weight is 518 g/mol. The molecule has 3 rings (SSSR count).